The van der Waals surface area contributed by atoms with E-state index in [9.17, 15) is 5.11 Å². The summed E-state index contributed by atoms with van der Waals surface area (Å²) >= 11 is 1.52. The average molecular weight is 288 g/mol. The van der Waals surface area contributed by atoms with Crippen molar-refractivity contribution < 1.29 is 5.11 Å². The van der Waals surface area contributed by atoms with Crippen LogP contribution in [0.25, 0.3) is 0 Å². The van der Waals surface area contributed by atoms with Gasteiger partial charge in [0, 0.05) is 11.1 Å². The van der Waals surface area contributed by atoms with Gasteiger partial charge in [-0.2, -0.15) is 0 Å². The minimum Gasteiger partial charge on any atom is -0.395 e. The molecule has 1 atom stereocenters. The van der Waals surface area contributed by atoms with Gasteiger partial charge in [0.05, 0.1) is 17.7 Å². The lowest BCUT2D eigenvalue weighted by Crippen LogP contribution is -2.28. The van der Waals surface area contributed by atoms with E-state index in [4.69, 9.17) is 0 Å². The van der Waals surface area contributed by atoms with Crippen LogP contribution >= 0.6 is 11.3 Å². The molecule has 0 fully saturated rings. The summed E-state index contributed by atoms with van der Waals surface area (Å²) in [7, 11) is 0. The molecule has 0 saturated heterocycles. The van der Waals surface area contributed by atoms with Crippen LogP contribution in [0, 0.1) is 6.92 Å². The fourth-order valence-electron chi connectivity index (χ4n) is 2.01. The lowest BCUT2D eigenvalue weighted by molar-refractivity contribution is 0.229. The number of aromatic nitrogens is 1. The third kappa shape index (κ3) is 2.92. The molecule has 0 bridgehead atoms. The molecule has 20 heavy (non-hydrogen) atoms. The largest absolute Gasteiger partial charge is 0.395 e. The highest BCUT2D eigenvalue weighted by Crippen LogP contribution is 2.33. The fraction of sp³-hybridized carbons (Fsp3) is 0.312. The van der Waals surface area contributed by atoms with Crippen LogP contribution in [0.5, 0.6) is 0 Å². The third-order valence-corrected chi connectivity index (χ3v) is 4.15. The lowest BCUT2D eigenvalue weighted by Gasteiger charge is -2.26. The van der Waals surface area contributed by atoms with Gasteiger partial charge in [-0.1, -0.05) is 36.4 Å². The van der Waals surface area contributed by atoms with Gasteiger partial charge in [0.15, 0.2) is 5.13 Å². The van der Waals surface area contributed by atoms with Crippen molar-refractivity contribution in [1.82, 2.24) is 4.98 Å². The Hall–Kier alpha value is -1.65. The Morgan fingerprint density at radius 1 is 1.40 bits per heavy atom. The van der Waals surface area contributed by atoms with Crippen LogP contribution < -0.4 is 5.32 Å². The van der Waals surface area contributed by atoms with Gasteiger partial charge in [-0.25, -0.2) is 4.98 Å². The smallest absolute Gasteiger partial charge is 0.187 e. The molecule has 0 spiro atoms. The van der Waals surface area contributed by atoms with Gasteiger partial charge in [0.2, 0.25) is 0 Å². The van der Waals surface area contributed by atoms with Crippen molar-refractivity contribution in [3.05, 3.63) is 58.7 Å². The average Bonchev–Trinajstić information content (AvgIpc) is 2.87. The van der Waals surface area contributed by atoms with E-state index in [0.717, 1.165) is 22.1 Å². The second-order valence-corrected chi connectivity index (χ2v) is 6.16. The fourth-order valence-corrected chi connectivity index (χ4v) is 2.93. The molecular formula is C16H20N2OS. The number of allylic oxidation sites excluding steroid dienone is 1. The van der Waals surface area contributed by atoms with Crippen molar-refractivity contribution in [1.29, 1.82) is 0 Å². The summed E-state index contributed by atoms with van der Waals surface area (Å²) in [5, 5.41) is 15.8. The Morgan fingerprint density at radius 2 is 2.05 bits per heavy atom. The van der Waals surface area contributed by atoms with Crippen LogP contribution in [0.15, 0.2) is 41.9 Å². The monoisotopic (exact) mass is 288 g/mol. The number of benzene rings is 1. The zero-order valence-corrected chi connectivity index (χ0v) is 12.9. The molecule has 1 aromatic carbocycles. The molecule has 2 N–H and O–H groups in total. The maximum absolute atomic E-state index is 9.88. The Labute approximate surface area is 124 Å². The van der Waals surface area contributed by atoms with Crippen LogP contribution in [0.1, 0.15) is 30.7 Å². The van der Waals surface area contributed by atoms with E-state index >= 15 is 0 Å². The van der Waals surface area contributed by atoms with Crippen LogP contribution in [0.2, 0.25) is 0 Å². The van der Waals surface area contributed by atoms with Gasteiger partial charge < -0.3 is 10.4 Å². The first-order valence-corrected chi connectivity index (χ1v) is 7.40. The van der Waals surface area contributed by atoms with Gasteiger partial charge in [0.1, 0.15) is 0 Å². The predicted molar refractivity (Wildman–Crippen MR) is 85.3 cm³/mol. The number of nitrogens with zero attached hydrogens (tertiary/aromatic N) is 1. The number of anilines is 1. The number of thiazole rings is 1. The predicted octanol–water partition coefficient (Wildman–Crippen LogP) is 3.70. The Kier molecular flexibility index (Phi) is 4.26. The van der Waals surface area contributed by atoms with E-state index in [-0.39, 0.29) is 6.61 Å². The number of aliphatic hydroxyl groups excluding tert-OH is 1. The first kappa shape index (κ1) is 14.8. The highest BCUT2D eigenvalue weighted by molar-refractivity contribution is 7.13. The van der Waals surface area contributed by atoms with E-state index in [1.807, 2.05) is 19.2 Å². The summed E-state index contributed by atoms with van der Waals surface area (Å²) < 4.78 is 0. The Balaban J connectivity index is 2.37. The summed E-state index contributed by atoms with van der Waals surface area (Å²) in [6, 6.07) is 8.22. The summed E-state index contributed by atoms with van der Waals surface area (Å²) in [6.07, 6.45) is 0. The van der Waals surface area contributed by atoms with Crippen LogP contribution in [-0.2, 0) is 5.41 Å². The molecule has 1 unspecified atom stereocenters. The number of hydrogen-bond acceptors (Lipinski definition) is 4. The van der Waals surface area contributed by atoms with Gasteiger partial charge in [-0.05, 0) is 26.3 Å². The SMILES string of the molecule is C=C(C)Nc1nc(C(C)(CO)c2ccc(C)cc2)cs1. The first-order chi connectivity index (χ1) is 9.45. The number of nitrogens with one attached hydrogen (secondary N) is 1. The molecule has 1 heterocycles. The zero-order chi connectivity index (χ0) is 14.8. The quantitative estimate of drug-likeness (QED) is 0.882. The second kappa shape index (κ2) is 5.77. The number of hydrogen-bond donors (Lipinski definition) is 2. The highest BCUT2D eigenvalue weighted by Gasteiger charge is 2.30. The normalized spacial score (nSPS) is 13.8. The first-order valence-electron chi connectivity index (χ1n) is 6.52. The minimum absolute atomic E-state index is 0.0201. The van der Waals surface area contributed by atoms with Crippen molar-refractivity contribution in [2.24, 2.45) is 0 Å². The molecule has 3 nitrogen and oxygen atoms in total. The topological polar surface area (TPSA) is 45.2 Å². The maximum Gasteiger partial charge on any atom is 0.187 e. The molecule has 4 heteroatoms. The van der Waals surface area contributed by atoms with Crippen LogP contribution in [0.4, 0.5) is 5.13 Å². The van der Waals surface area contributed by atoms with Gasteiger partial charge in [0.25, 0.3) is 0 Å². The summed E-state index contributed by atoms with van der Waals surface area (Å²) in [5.41, 5.74) is 3.51. The van der Waals surface area contributed by atoms with Crippen molar-refractivity contribution in [2.45, 2.75) is 26.2 Å². The maximum atomic E-state index is 9.88. The van der Waals surface area contributed by atoms with Crippen molar-refractivity contribution in [3.8, 4) is 0 Å². The molecule has 0 aliphatic carbocycles. The van der Waals surface area contributed by atoms with Gasteiger partial charge in [-0.3, -0.25) is 0 Å². The van der Waals surface area contributed by atoms with E-state index in [0.29, 0.717) is 0 Å². The molecule has 2 aromatic rings. The molecule has 0 radical (unpaired) electrons. The van der Waals surface area contributed by atoms with Crippen molar-refractivity contribution in [2.75, 3.05) is 11.9 Å². The van der Waals surface area contributed by atoms with Crippen LogP contribution in [-0.4, -0.2) is 16.7 Å². The summed E-state index contributed by atoms with van der Waals surface area (Å²) in [5.74, 6) is 0. The summed E-state index contributed by atoms with van der Waals surface area (Å²) in [6.45, 7) is 9.80. The van der Waals surface area contributed by atoms with Gasteiger partial charge >= 0.3 is 0 Å². The van der Waals surface area contributed by atoms with Gasteiger partial charge in [-0.15, -0.1) is 11.3 Å². The standard InChI is InChI=1S/C16H20N2OS/c1-11(2)17-15-18-14(9-20-15)16(4,10-19)13-7-5-12(3)6-8-13/h5-9,19H,1,10H2,2-4H3,(H,17,18). The minimum atomic E-state index is -0.487. The molecule has 106 valence electrons. The molecule has 0 aliphatic rings. The van der Waals surface area contributed by atoms with Crippen molar-refractivity contribution >= 4 is 16.5 Å². The Bertz CT molecular complexity index is 603. The van der Waals surface area contributed by atoms with E-state index in [1.54, 1.807) is 0 Å². The molecule has 1 aromatic heterocycles. The van der Waals surface area contributed by atoms with Crippen molar-refractivity contribution in [3.63, 3.8) is 0 Å². The number of aryl methyl sites for hydroxylation is 1. The molecular weight excluding hydrogens is 268 g/mol. The molecule has 0 saturated carbocycles. The van der Waals surface area contributed by atoms with Crippen LogP contribution in [0.3, 0.4) is 0 Å². The molecule has 0 aliphatic heterocycles. The van der Waals surface area contributed by atoms with E-state index in [1.165, 1.54) is 16.9 Å². The van der Waals surface area contributed by atoms with E-state index in [2.05, 4.69) is 48.1 Å². The Morgan fingerprint density at radius 3 is 2.60 bits per heavy atom. The zero-order valence-electron chi connectivity index (χ0n) is 12.1. The lowest BCUT2D eigenvalue weighted by atomic mass is 9.80. The summed E-state index contributed by atoms with van der Waals surface area (Å²) in [4.78, 5) is 4.58. The molecule has 2 rings (SSSR count). The highest BCUT2D eigenvalue weighted by atomic mass is 32.1. The second-order valence-electron chi connectivity index (χ2n) is 5.30. The van der Waals surface area contributed by atoms with E-state index < -0.39 is 5.41 Å². The molecule has 0 amide bonds. The number of aliphatic hydroxyl groups is 1. The number of rotatable bonds is 5. The third-order valence-electron chi connectivity index (χ3n) is 3.39.